The third-order valence-electron chi connectivity index (χ3n) is 10.4. The molecule has 0 aliphatic heterocycles. The van der Waals surface area contributed by atoms with Gasteiger partial charge in [-0.15, -0.1) is 0 Å². The van der Waals surface area contributed by atoms with Crippen LogP contribution in [0.4, 0.5) is 0 Å². The number of nitrogens with two attached hydrogens (primary N) is 1. The molecule has 0 aromatic heterocycles. The predicted octanol–water partition coefficient (Wildman–Crippen LogP) is 6.27. The van der Waals surface area contributed by atoms with Gasteiger partial charge in [0.2, 0.25) is 0 Å². The maximum absolute atomic E-state index is 6.12. The van der Waals surface area contributed by atoms with Crippen LogP contribution >= 0.6 is 0 Å². The van der Waals surface area contributed by atoms with Crippen molar-refractivity contribution in [3.8, 4) is 0 Å². The average molecular weight is 346 g/mol. The van der Waals surface area contributed by atoms with Crippen molar-refractivity contribution in [3.05, 3.63) is 0 Å². The molecule has 0 aromatic carbocycles. The zero-order chi connectivity index (χ0) is 17.8. The molecule has 0 radical (unpaired) electrons. The van der Waals surface area contributed by atoms with Crippen LogP contribution in [0.3, 0.4) is 0 Å². The Morgan fingerprint density at radius 3 is 2.40 bits per heavy atom. The second-order valence-electron chi connectivity index (χ2n) is 11.1. The molecule has 1 nitrogen and oxygen atoms in total. The fraction of sp³-hybridized carbons (Fsp3) is 1.00. The van der Waals surface area contributed by atoms with Crippen LogP contribution in [-0.2, 0) is 0 Å². The van der Waals surface area contributed by atoms with E-state index < -0.39 is 0 Å². The summed E-state index contributed by atoms with van der Waals surface area (Å²) in [7, 11) is 0. The molecule has 0 amide bonds. The average Bonchev–Trinajstić information content (AvgIpc) is 2.97. The molecule has 0 aromatic rings. The lowest BCUT2D eigenvalue weighted by Gasteiger charge is -2.63. The van der Waals surface area contributed by atoms with E-state index in [0.717, 1.165) is 48.0 Å². The molecule has 0 spiro atoms. The summed E-state index contributed by atoms with van der Waals surface area (Å²) >= 11 is 0. The molecule has 25 heavy (non-hydrogen) atoms. The Balaban J connectivity index is 1.65. The summed E-state index contributed by atoms with van der Waals surface area (Å²) in [5.74, 6) is 6.72. The molecule has 9 atom stereocenters. The first-order chi connectivity index (χ1) is 12.0. The van der Waals surface area contributed by atoms with Crippen molar-refractivity contribution < 1.29 is 0 Å². The molecule has 0 heterocycles. The van der Waals surface area contributed by atoms with Crippen LogP contribution in [0.15, 0.2) is 0 Å². The zero-order valence-electron chi connectivity index (χ0n) is 17.4. The molecule has 144 valence electrons. The summed E-state index contributed by atoms with van der Waals surface area (Å²) in [6, 6.07) is 0. The molecule has 0 bridgehead atoms. The van der Waals surface area contributed by atoms with Gasteiger partial charge >= 0.3 is 0 Å². The molecule has 4 rings (SSSR count). The number of hydrogen-bond acceptors (Lipinski definition) is 1. The Labute approximate surface area is 156 Å². The van der Waals surface area contributed by atoms with E-state index in [4.69, 9.17) is 5.73 Å². The lowest BCUT2D eigenvalue weighted by Crippen LogP contribution is -2.55. The smallest absolute Gasteiger partial charge is 0.00486 e. The molecule has 4 saturated carbocycles. The number of rotatable bonds is 3. The molecular formula is C24H43N. The van der Waals surface area contributed by atoms with Gasteiger partial charge in [-0.25, -0.2) is 0 Å². The van der Waals surface area contributed by atoms with E-state index in [1.54, 1.807) is 6.42 Å². The summed E-state index contributed by atoms with van der Waals surface area (Å²) in [4.78, 5) is 0. The molecule has 2 N–H and O–H groups in total. The van der Waals surface area contributed by atoms with Crippen molar-refractivity contribution >= 4 is 0 Å². The first-order valence-electron chi connectivity index (χ1n) is 11.7. The predicted molar refractivity (Wildman–Crippen MR) is 107 cm³/mol. The van der Waals surface area contributed by atoms with Crippen LogP contribution in [-0.4, -0.2) is 6.54 Å². The summed E-state index contributed by atoms with van der Waals surface area (Å²) in [5, 5.41) is 0. The van der Waals surface area contributed by atoms with E-state index in [-0.39, 0.29) is 0 Å². The van der Waals surface area contributed by atoms with Crippen molar-refractivity contribution in [1.29, 1.82) is 0 Å². The normalized spacial score (nSPS) is 53.6. The van der Waals surface area contributed by atoms with Gasteiger partial charge in [0.25, 0.3) is 0 Å². The highest BCUT2D eigenvalue weighted by Crippen LogP contribution is 2.69. The Bertz CT molecular complexity index is 486. The summed E-state index contributed by atoms with van der Waals surface area (Å²) in [6.07, 6.45) is 15.0. The van der Waals surface area contributed by atoms with Gasteiger partial charge in [0.05, 0.1) is 0 Å². The van der Waals surface area contributed by atoms with Crippen LogP contribution in [0, 0.1) is 52.3 Å². The second kappa shape index (κ2) is 6.54. The fourth-order valence-electron chi connectivity index (χ4n) is 9.16. The van der Waals surface area contributed by atoms with Gasteiger partial charge in [0.1, 0.15) is 0 Å². The number of fused-ring (bicyclic) bond motifs is 5. The Hall–Kier alpha value is -0.0400. The van der Waals surface area contributed by atoms with Gasteiger partial charge in [-0.2, -0.15) is 0 Å². The van der Waals surface area contributed by atoms with Crippen molar-refractivity contribution in [2.24, 2.45) is 58.0 Å². The topological polar surface area (TPSA) is 26.0 Å². The van der Waals surface area contributed by atoms with E-state index in [9.17, 15) is 0 Å². The molecule has 0 saturated heterocycles. The SMILES string of the molecule is CC[C@H]1CC2C3CC[C@H]([C@H](C)CN)C3(C)CC[C@@H]2C2(C)CCCCC12. The van der Waals surface area contributed by atoms with Crippen molar-refractivity contribution in [2.45, 2.75) is 91.9 Å². The lowest BCUT2D eigenvalue weighted by atomic mass is 9.42. The van der Waals surface area contributed by atoms with Crippen LogP contribution in [0.25, 0.3) is 0 Å². The minimum Gasteiger partial charge on any atom is -0.330 e. The first kappa shape index (κ1) is 18.3. The van der Waals surface area contributed by atoms with E-state index in [0.29, 0.717) is 10.8 Å². The van der Waals surface area contributed by atoms with E-state index in [1.165, 1.54) is 57.8 Å². The Morgan fingerprint density at radius 2 is 1.68 bits per heavy atom. The van der Waals surface area contributed by atoms with Crippen LogP contribution < -0.4 is 5.73 Å². The van der Waals surface area contributed by atoms with Gasteiger partial charge < -0.3 is 5.73 Å². The van der Waals surface area contributed by atoms with Crippen LogP contribution in [0.1, 0.15) is 91.9 Å². The summed E-state index contributed by atoms with van der Waals surface area (Å²) in [5.41, 5.74) is 7.38. The van der Waals surface area contributed by atoms with Crippen LogP contribution in [0.5, 0.6) is 0 Å². The maximum atomic E-state index is 6.12. The largest absolute Gasteiger partial charge is 0.330 e. The Kier molecular flexibility index (Phi) is 4.79. The first-order valence-corrected chi connectivity index (χ1v) is 11.7. The minimum atomic E-state index is 0.593. The molecule has 1 heteroatoms. The highest BCUT2D eigenvalue weighted by atomic mass is 14.7. The fourth-order valence-corrected chi connectivity index (χ4v) is 9.16. The lowest BCUT2D eigenvalue weighted by molar-refractivity contribution is -0.137. The third-order valence-corrected chi connectivity index (χ3v) is 10.4. The highest BCUT2D eigenvalue weighted by Gasteiger charge is 2.61. The Morgan fingerprint density at radius 1 is 0.920 bits per heavy atom. The highest BCUT2D eigenvalue weighted by molar-refractivity contribution is 5.10. The summed E-state index contributed by atoms with van der Waals surface area (Å²) in [6.45, 7) is 11.2. The molecular weight excluding hydrogens is 302 g/mol. The van der Waals surface area contributed by atoms with Gasteiger partial charge in [-0.3, -0.25) is 0 Å². The summed E-state index contributed by atoms with van der Waals surface area (Å²) < 4.78 is 0. The van der Waals surface area contributed by atoms with Gasteiger partial charge in [-0.05, 0) is 104 Å². The van der Waals surface area contributed by atoms with Gasteiger partial charge in [0.15, 0.2) is 0 Å². The molecule has 4 fully saturated rings. The molecule has 5 unspecified atom stereocenters. The standard InChI is InChI=1S/C24H43N/c1-5-17-14-18-21-10-9-19(16(2)15-25)24(21,4)13-11-22(18)23(3)12-7-6-8-20(17)23/h16-22H,5-15,25H2,1-4H3/t16-,17+,18?,19-,20?,21?,22+,23?,24?/m1/s1. The van der Waals surface area contributed by atoms with Crippen LogP contribution in [0.2, 0.25) is 0 Å². The van der Waals surface area contributed by atoms with E-state index in [1.807, 2.05) is 0 Å². The number of hydrogen-bond donors (Lipinski definition) is 1. The molecule has 4 aliphatic carbocycles. The third kappa shape index (κ3) is 2.58. The second-order valence-corrected chi connectivity index (χ2v) is 11.1. The maximum Gasteiger partial charge on any atom is -0.00486 e. The monoisotopic (exact) mass is 345 g/mol. The van der Waals surface area contributed by atoms with E-state index in [2.05, 4.69) is 27.7 Å². The van der Waals surface area contributed by atoms with Crippen molar-refractivity contribution in [2.75, 3.05) is 6.54 Å². The molecule has 4 aliphatic rings. The zero-order valence-corrected chi connectivity index (χ0v) is 17.4. The van der Waals surface area contributed by atoms with E-state index >= 15 is 0 Å². The van der Waals surface area contributed by atoms with Gasteiger partial charge in [-0.1, -0.05) is 47.0 Å². The quantitative estimate of drug-likeness (QED) is 0.641. The van der Waals surface area contributed by atoms with Crippen molar-refractivity contribution in [3.63, 3.8) is 0 Å². The minimum absolute atomic E-state index is 0.593. The van der Waals surface area contributed by atoms with Gasteiger partial charge in [0, 0.05) is 0 Å². The van der Waals surface area contributed by atoms with Crippen molar-refractivity contribution in [1.82, 2.24) is 0 Å².